The highest BCUT2D eigenvalue weighted by atomic mass is 16.5. The van der Waals surface area contributed by atoms with Crippen molar-refractivity contribution >= 4 is 17.6 Å². The summed E-state index contributed by atoms with van der Waals surface area (Å²) in [5.41, 5.74) is 1.70. The normalized spacial score (nSPS) is 24.5. The zero-order valence-electron chi connectivity index (χ0n) is 14.4. The third-order valence-corrected chi connectivity index (χ3v) is 4.01. The van der Waals surface area contributed by atoms with Gasteiger partial charge in [0, 0.05) is 12.2 Å². The van der Waals surface area contributed by atoms with Crippen LogP contribution < -0.4 is 16.0 Å². The number of rotatable bonds is 6. The lowest BCUT2D eigenvalue weighted by atomic mass is 10.1. The Labute approximate surface area is 151 Å². The number of aliphatic hydroxyl groups is 2. The van der Waals surface area contributed by atoms with E-state index in [9.17, 15) is 19.8 Å². The van der Waals surface area contributed by atoms with Gasteiger partial charge in [0.05, 0.1) is 19.1 Å². The number of nitrogens with one attached hydrogen (secondary N) is 3. The van der Waals surface area contributed by atoms with E-state index < -0.39 is 30.4 Å². The monoisotopic (exact) mass is 361 g/mol. The molecule has 8 nitrogen and oxygen atoms in total. The van der Waals surface area contributed by atoms with Crippen molar-refractivity contribution < 1.29 is 24.5 Å². The second-order valence-electron chi connectivity index (χ2n) is 6.08. The Kier molecular flexibility index (Phi) is 6.97. The molecule has 1 fully saturated rings. The summed E-state index contributed by atoms with van der Waals surface area (Å²) in [6, 6.07) is 6.81. The van der Waals surface area contributed by atoms with Crippen LogP contribution in [0.15, 0.2) is 24.3 Å². The van der Waals surface area contributed by atoms with Crippen molar-refractivity contribution in [3.63, 3.8) is 0 Å². The smallest absolute Gasteiger partial charge is 0.319 e. The molecule has 0 bridgehead atoms. The number of aryl methyl sites for hydroxylation is 1. The van der Waals surface area contributed by atoms with Crippen molar-refractivity contribution in [2.75, 3.05) is 18.4 Å². The van der Waals surface area contributed by atoms with Crippen molar-refractivity contribution in [2.24, 2.45) is 0 Å². The number of benzene rings is 1. The molecule has 1 aliphatic heterocycles. The number of aliphatic hydroxyl groups excluding tert-OH is 2. The summed E-state index contributed by atoms with van der Waals surface area (Å²) in [7, 11) is 0. The highest BCUT2D eigenvalue weighted by Gasteiger charge is 2.43. The quantitative estimate of drug-likeness (QED) is 0.448. The van der Waals surface area contributed by atoms with E-state index in [1.807, 2.05) is 19.1 Å². The SMILES string of the molecule is C#CCNC(=O)C[C@@H]1O[C@H](CNC(=O)Nc2ccc(C)cc2)[C@@H](O)[C@H]1O. The van der Waals surface area contributed by atoms with E-state index in [2.05, 4.69) is 21.9 Å². The van der Waals surface area contributed by atoms with Gasteiger partial charge in [-0.3, -0.25) is 4.79 Å². The van der Waals surface area contributed by atoms with E-state index in [1.54, 1.807) is 12.1 Å². The number of anilines is 1. The summed E-state index contributed by atoms with van der Waals surface area (Å²) in [4.78, 5) is 23.6. The van der Waals surface area contributed by atoms with Crippen LogP contribution in [-0.2, 0) is 9.53 Å². The first-order valence-electron chi connectivity index (χ1n) is 8.24. The van der Waals surface area contributed by atoms with Crippen LogP contribution in [0.25, 0.3) is 0 Å². The molecule has 0 spiro atoms. The lowest BCUT2D eigenvalue weighted by Crippen LogP contribution is -2.41. The number of hydrogen-bond acceptors (Lipinski definition) is 5. The summed E-state index contributed by atoms with van der Waals surface area (Å²) >= 11 is 0. The van der Waals surface area contributed by atoms with Gasteiger partial charge in [-0.2, -0.15) is 0 Å². The van der Waals surface area contributed by atoms with Crippen molar-refractivity contribution in [3.8, 4) is 12.3 Å². The predicted molar refractivity (Wildman–Crippen MR) is 95.3 cm³/mol. The molecule has 1 aliphatic rings. The molecule has 3 amide bonds. The van der Waals surface area contributed by atoms with Gasteiger partial charge in [0.25, 0.3) is 0 Å². The number of carbonyl (C=O) groups excluding carboxylic acids is 2. The summed E-state index contributed by atoms with van der Waals surface area (Å²) < 4.78 is 5.50. The fourth-order valence-corrected chi connectivity index (χ4v) is 2.57. The van der Waals surface area contributed by atoms with E-state index in [0.717, 1.165) is 5.56 Å². The zero-order valence-corrected chi connectivity index (χ0v) is 14.4. The molecular weight excluding hydrogens is 338 g/mol. The van der Waals surface area contributed by atoms with Crippen LogP contribution in [0.5, 0.6) is 0 Å². The lowest BCUT2D eigenvalue weighted by molar-refractivity contribution is -0.124. The fraction of sp³-hybridized carbons (Fsp3) is 0.444. The van der Waals surface area contributed by atoms with Crippen LogP contribution in [0.2, 0.25) is 0 Å². The van der Waals surface area contributed by atoms with Gasteiger partial charge in [0.2, 0.25) is 5.91 Å². The Hall–Kier alpha value is -2.60. The maximum atomic E-state index is 11.9. The van der Waals surface area contributed by atoms with Gasteiger partial charge in [-0.25, -0.2) is 4.79 Å². The number of ether oxygens (including phenoxy) is 1. The standard InChI is InChI=1S/C18H23N3O5/c1-3-8-19-15(22)9-13-16(23)17(24)14(26-13)10-20-18(25)21-12-6-4-11(2)5-7-12/h1,4-7,13-14,16-17,23-24H,8-10H2,2H3,(H,19,22)(H2,20,21,25)/t13-,14+,16-,17+/m0/s1. The molecule has 5 N–H and O–H groups in total. The molecule has 0 unspecified atom stereocenters. The highest BCUT2D eigenvalue weighted by Crippen LogP contribution is 2.23. The van der Waals surface area contributed by atoms with Gasteiger partial charge >= 0.3 is 6.03 Å². The summed E-state index contributed by atoms with van der Waals surface area (Å²) in [6.45, 7) is 2.00. The van der Waals surface area contributed by atoms with Crippen molar-refractivity contribution in [2.45, 2.75) is 37.8 Å². The minimum atomic E-state index is -1.22. The fourth-order valence-electron chi connectivity index (χ4n) is 2.57. The Bertz CT molecular complexity index is 670. The molecule has 0 saturated carbocycles. The lowest BCUT2D eigenvalue weighted by Gasteiger charge is -2.15. The van der Waals surface area contributed by atoms with Crippen LogP contribution in [-0.4, -0.2) is 59.7 Å². The molecule has 0 aliphatic carbocycles. The predicted octanol–water partition coefficient (Wildman–Crippen LogP) is -0.255. The second-order valence-corrected chi connectivity index (χ2v) is 6.08. The molecule has 1 saturated heterocycles. The molecule has 1 aromatic rings. The number of hydrogen-bond donors (Lipinski definition) is 5. The van der Waals surface area contributed by atoms with Gasteiger partial charge in [0.1, 0.15) is 18.3 Å². The van der Waals surface area contributed by atoms with E-state index in [4.69, 9.17) is 11.2 Å². The molecule has 26 heavy (non-hydrogen) atoms. The average Bonchev–Trinajstić information content (AvgIpc) is 2.88. The third kappa shape index (κ3) is 5.46. The average molecular weight is 361 g/mol. The topological polar surface area (TPSA) is 120 Å². The number of terminal acetylenes is 1. The molecule has 0 radical (unpaired) electrons. The van der Waals surface area contributed by atoms with Crippen LogP contribution in [0.3, 0.4) is 0 Å². The maximum absolute atomic E-state index is 11.9. The molecule has 1 aromatic carbocycles. The Morgan fingerprint density at radius 1 is 1.15 bits per heavy atom. The zero-order chi connectivity index (χ0) is 19.1. The number of carbonyl (C=O) groups is 2. The summed E-state index contributed by atoms with van der Waals surface area (Å²) in [6.07, 6.45) is 0.804. The largest absolute Gasteiger partial charge is 0.388 e. The van der Waals surface area contributed by atoms with Gasteiger partial charge < -0.3 is 30.9 Å². The van der Waals surface area contributed by atoms with Crippen LogP contribution >= 0.6 is 0 Å². The highest BCUT2D eigenvalue weighted by molar-refractivity contribution is 5.89. The summed E-state index contributed by atoms with van der Waals surface area (Å²) in [5, 5.41) is 27.7. The van der Waals surface area contributed by atoms with Crippen LogP contribution in [0, 0.1) is 19.3 Å². The second kappa shape index (κ2) is 9.20. The molecule has 8 heteroatoms. The van der Waals surface area contributed by atoms with Crippen LogP contribution in [0.1, 0.15) is 12.0 Å². The Balaban J connectivity index is 1.80. The van der Waals surface area contributed by atoms with E-state index in [0.29, 0.717) is 5.69 Å². The van der Waals surface area contributed by atoms with E-state index >= 15 is 0 Å². The molecule has 140 valence electrons. The number of urea groups is 1. The summed E-state index contributed by atoms with van der Waals surface area (Å²) in [5.74, 6) is 1.88. The molecule has 0 aromatic heterocycles. The first-order valence-corrected chi connectivity index (χ1v) is 8.24. The molecular formula is C18H23N3O5. The van der Waals surface area contributed by atoms with Gasteiger partial charge in [0.15, 0.2) is 0 Å². The molecule has 1 heterocycles. The van der Waals surface area contributed by atoms with Crippen molar-refractivity contribution in [1.82, 2.24) is 10.6 Å². The molecule has 4 atom stereocenters. The first kappa shape index (κ1) is 19.7. The molecule has 2 rings (SSSR count). The first-order chi connectivity index (χ1) is 12.4. The minimum absolute atomic E-state index is 0.0155. The van der Waals surface area contributed by atoms with Crippen LogP contribution in [0.4, 0.5) is 10.5 Å². The van der Waals surface area contributed by atoms with Gasteiger partial charge in [-0.15, -0.1) is 6.42 Å². The maximum Gasteiger partial charge on any atom is 0.319 e. The van der Waals surface area contributed by atoms with Gasteiger partial charge in [-0.1, -0.05) is 23.6 Å². The third-order valence-electron chi connectivity index (χ3n) is 4.01. The van der Waals surface area contributed by atoms with Crippen molar-refractivity contribution in [3.05, 3.63) is 29.8 Å². The van der Waals surface area contributed by atoms with E-state index in [1.165, 1.54) is 0 Å². The Morgan fingerprint density at radius 3 is 2.46 bits per heavy atom. The van der Waals surface area contributed by atoms with Gasteiger partial charge in [-0.05, 0) is 19.1 Å². The Morgan fingerprint density at radius 2 is 1.81 bits per heavy atom. The number of amides is 3. The minimum Gasteiger partial charge on any atom is -0.388 e. The van der Waals surface area contributed by atoms with Crippen molar-refractivity contribution in [1.29, 1.82) is 0 Å². The van der Waals surface area contributed by atoms with E-state index in [-0.39, 0.29) is 25.4 Å².